The summed E-state index contributed by atoms with van der Waals surface area (Å²) in [6.45, 7) is 40.0. The first-order valence-corrected chi connectivity index (χ1v) is 44.0. The van der Waals surface area contributed by atoms with Gasteiger partial charge in [-0.1, -0.05) is 222 Å². The first-order valence-electron chi connectivity index (χ1n) is 44.0. The molecule has 3 aromatic rings. The number of ether oxygens (including phenoxy) is 2. The summed E-state index contributed by atoms with van der Waals surface area (Å²) in [7, 11) is 4.97. The van der Waals surface area contributed by atoms with E-state index in [0.717, 1.165) is 68.9 Å². The second-order valence-electron chi connectivity index (χ2n) is 37.6. The van der Waals surface area contributed by atoms with Crippen LogP contribution in [0.1, 0.15) is 258 Å². The number of hydrogen-bond donors (Lipinski definition) is 7. The van der Waals surface area contributed by atoms with Crippen molar-refractivity contribution in [2.75, 3.05) is 34.5 Å². The number of Topliss-reactive ketones (excluding diaryl/α,β-unsaturated/α-hetero) is 6. The molecule has 3 aliphatic carbocycles. The van der Waals surface area contributed by atoms with Crippen molar-refractivity contribution >= 4 is 64.2 Å². The van der Waals surface area contributed by atoms with Crippen molar-refractivity contribution < 1.29 is 67.3 Å². The third-order valence-electron chi connectivity index (χ3n) is 24.0. The maximum absolute atomic E-state index is 14.0. The van der Waals surface area contributed by atoms with E-state index in [2.05, 4.69) is 71.7 Å². The first-order chi connectivity index (χ1) is 55.0. The maximum Gasteiger partial charge on any atom is 0.238 e. The first kappa shape index (κ1) is 102. The van der Waals surface area contributed by atoms with Crippen LogP contribution in [0, 0.1) is 75.4 Å². The summed E-state index contributed by atoms with van der Waals surface area (Å²) in [6, 6.07) is 25.6. The van der Waals surface area contributed by atoms with Crippen LogP contribution >= 0.6 is 0 Å². The molecule has 0 unspecified atom stereocenters. The molecule has 0 saturated heterocycles. The highest BCUT2D eigenvalue weighted by atomic mass is 16.5. The lowest BCUT2D eigenvalue weighted by molar-refractivity contribution is -0.138. The van der Waals surface area contributed by atoms with Gasteiger partial charge in [0, 0.05) is 73.6 Å². The van der Waals surface area contributed by atoms with Crippen LogP contribution in [-0.2, 0) is 81.5 Å². The summed E-state index contributed by atoms with van der Waals surface area (Å²) in [5, 5.41) is 28.8. The topological polar surface area (TPSA) is 302 Å². The standard InChI is InChI=1S/C40H58N2O4.C31H57N3O5.C25H38N2O5/c1-27(2)22-32(19-18-30-14-10-8-11-15-30)38(45)41-34(23-28(3)4)36(43)26-33(25-31-16-12-9-13-17-31)39(46)42-35(24-29(5)6)37(44)40(7)20-21-40;1-12-20(7)26(33-30(39)27(21(8)13-2)34(11)19(5)6)25(36)17-23(22(9)35)29(38)32-24(16-18(3)4)28(37)31(10)14-15-31;1-17(2)26-21(16-32-5)22(28)14-19(15-31-4)24(30)27-20(23(29)25(3)11-12-25)13-18-9-7-6-8-10-18/h8-17,27-29,32-35H,18-26H2,1-7H3,(H,41,45)(H,42,46);18-24,26-27,35H,12-17H2,1-11H3,(H,32,38)(H,33,39);6-10,17,19-21,26H,11-16H2,1-5H3,(H,27,30)/t32-,33-,34+,35+;20-,21-,22+,23-,24-,26-,27-;19-,20-,21-/m100/s1. The molecule has 21 nitrogen and oxygen atoms in total. The molecule has 0 radical (unpaired) electrons. The lowest BCUT2D eigenvalue weighted by Crippen LogP contribution is -2.56. The van der Waals surface area contributed by atoms with Gasteiger partial charge in [0.25, 0.3) is 0 Å². The molecule has 117 heavy (non-hydrogen) atoms. The normalized spacial score (nSPS) is 17.9. The minimum atomic E-state index is -1.09. The fourth-order valence-corrected chi connectivity index (χ4v) is 15.2. The number of benzene rings is 3. The fraction of sp³-hybridized carbons (Fsp3) is 0.698. The van der Waals surface area contributed by atoms with Gasteiger partial charge in [-0.15, -0.1) is 0 Å². The number of amides is 5. The van der Waals surface area contributed by atoms with Gasteiger partial charge in [0.15, 0.2) is 34.7 Å². The number of ketones is 6. The van der Waals surface area contributed by atoms with Gasteiger partial charge in [0.05, 0.1) is 73.4 Å². The predicted octanol–water partition coefficient (Wildman–Crippen LogP) is 14.0. The van der Waals surface area contributed by atoms with Crippen LogP contribution < -0.4 is 31.9 Å². The fourth-order valence-electron chi connectivity index (χ4n) is 15.2. The van der Waals surface area contributed by atoms with Crippen molar-refractivity contribution in [3.63, 3.8) is 0 Å². The lowest BCUT2D eigenvalue weighted by Gasteiger charge is -2.36. The molecule has 21 heteroatoms. The van der Waals surface area contributed by atoms with Crippen molar-refractivity contribution in [1.82, 2.24) is 36.8 Å². The number of nitrogens with one attached hydrogen (secondary N) is 6. The molecular formula is C96H153N7O14. The van der Waals surface area contributed by atoms with E-state index in [9.17, 15) is 57.8 Å². The van der Waals surface area contributed by atoms with Gasteiger partial charge in [-0.05, 0) is 170 Å². The quantitative estimate of drug-likeness (QED) is 0.0276. The number of aryl methyl sites for hydroxylation is 1. The van der Waals surface area contributed by atoms with Gasteiger partial charge >= 0.3 is 0 Å². The molecular weight excluding hydrogens is 1480 g/mol. The van der Waals surface area contributed by atoms with E-state index in [4.69, 9.17) is 9.47 Å². The van der Waals surface area contributed by atoms with Crippen LogP contribution in [0.5, 0.6) is 0 Å². The Morgan fingerprint density at radius 3 is 1.22 bits per heavy atom. The Hall–Kier alpha value is -7.17. The molecule has 14 atom stereocenters. The van der Waals surface area contributed by atoms with Crippen molar-refractivity contribution in [2.45, 2.75) is 321 Å². The number of likely N-dealkylation sites (N-methyl/N-ethyl adjacent to an activating group) is 1. The Morgan fingerprint density at radius 1 is 0.419 bits per heavy atom. The minimum absolute atomic E-state index is 0.00286. The van der Waals surface area contributed by atoms with E-state index in [0.29, 0.717) is 50.9 Å². The summed E-state index contributed by atoms with van der Waals surface area (Å²) in [6.07, 6.45) is 9.82. The molecule has 3 aromatic carbocycles. The number of aliphatic hydroxyl groups is 1. The number of carbonyl (C=O) groups excluding carboxylic acids is 11. The molecule has 0 aliphatic heterocycles. The van der Waals surface area contributed by atoms with Crippen LogP contribution in [0.3, 0.4) is 0 Å². The van der Waals surface area contributed by atoms with Crippen LogP contribution in [0.4, 0.5) is 0 Å². The summed E-state index contributed by atoms with van der Waals surface area (Å²) in [4.78, 5) is 150. The van der Waals surface area contributed by atoms with Crippen molar-refractivity contribution in [3.8, 4) is 0 Å². The van der Waals surface area contributed by atoms with Gasteiger partial charge in [0.2, 0.25) is 29.5 Å². The van der Waals surface area contributed by atoms with Gasteiger partial charge in [-0.3, -0.25) is 57.6 Å². The highest BCUT2D eigenvalue weighted by Crippen LogP contribution is 2.49. The van der Waals surface area contributed by atoms with Gasteiger partial charge in [-0.25, -0.2) is 0 Å². The highest BCUT2D eigenvalue weighted by molar-refractivity contribution is 5.99. The molecule has 0 bridgehead atoms. The minimum Gasteiger partial charge on any atom is -0.393 e. The predicted molar refractivity (Wildman–Crippen MR) is 465 cm³/mol. The monoisotopic (exact) mass is 1630 g/mol. The second kappa shape index (κ2) is 49.5. The van der Waals surface area contributed by atoms with Crippen LogP contribution in [0.15, 0.2) is 91.0 Å². The van der Waals surface area contributed by atoms with Crippen molar-refractivity contribution in [1.29, 1.82) is 0 Å². The third-order valence-corrected chi connectivity index (χ3v) is 24.0. The Balaban J connectivity index is 0.000000375. The maximum atomic E-state index is 14.0. The summed E-state index contributed by atoms with van der Waals surface area (Å²) < 4.78 is 10.4. The molecule has 3 saturated carbocycles. The molecule has 3 aliphatic rings. The number of carbonyl (C=O) groups is 11. The number of methoxy groups -OCH3 is 2. The molecule has 0 aromatic heterocycles. The lowest BCUT2D eigenvalue weighted by atomic mass is 9.86. The number of nitrogens with zero attached hydrogens (tertiary/aromatic N) is 1. The third kappa shape index (κ3) is 34.8. The zero-order chi connectivity index (χ0) is 87.8. The Morgan fingerprint density at radius 2 is 0.803 bits per heavy atom. The van der Waals surface area contributed by atoms with E-state index >= 15 is 0 Å². The largest absolute Gasteiger partial charge is 0.393 e. The summed E-state index contributed by atoms with van der Waals surface area (Å²) in [5.74, 6) is -3.42. The van der Waals surface area contributed by atoms with Crippen LogP contribution in [0.25, 0.3) is 0 Å². The van der Waals surface area contributed by atoms with E-state index in [-0.39, 0.29) is 149 Å². The van der Waals surface area contributed by atoms with Gasteiger partial charge in [-0.2, -0.15) is 0 Å². The van der Waals surface area contributed by atoms with E-state index in [1.807, 2.05) is 195 Å². The zero-order valence-corrected chi connectivity index (χ0v) is 75.8. The average Bonchev–Trinajstić information content (AvgIpc) is 1.64. The van der Waals surface area contributed by atoms with E-state index in [1.165, 1.54) is 19.6 Å². The Bertz CT molecular complexity index is 3590. The molecule has 7 N–H and O–H groups in total. The summed E-state index contributed by atoms with van der Waals surface area (Å²) >= 11 is 0. The Kier molecular flexibility index (Phi) is 43.3. The molecule has 0 heterocycles. The SMILES string of the molecule is CC(C)C[C@@H](CCc1ccccc1)C(=O)N[C@@H](CC(C)C)C(=O)C[C@@H](Cc1ccccc1)C(=O)N[C@@H](CC(C)C)C(=O)C1(C)CC1.CC[C@H](C)[C@H](NC(=O)[C@H]([C@@H](C)CC)N(C)C(C)C)C(=O)C[C@H](C(=O)N[C@@H](CC(C)C)C(=O)C1(C)CC1)[C@@H](C)O.COC[C@H](CC(=O)[C@H](COC)NC(C)C)C(=O)N[C@@H](Cc1ccccc1)C(=O)C1(C)CC1. The molecule has 3 fully saturated rings. The zero-order valence-electron chi connectivity index (χ0n) is 75.8. The highest BCUT2D eigenvalue weighted by Gasteiger charge is 2.51. The molecule has 0 spiro atoms. The Labute approximate surface area is 703 Å². The second-order valence-corrected chi connectivity index (χ2v) is 37.6. The molecule has 6 rings (SSSR count). The summed E-state index contributed by atoms with van der Waals surface area (Å²) in [5.41, 5.74) is 2.00. The van der Waals surface area contributed by atoms with Gasteiger partial charge < -0.3 is 46.5 Å². The number of aliphatic hydroxyl groups excluding tert-OH is 1. The van der Waals surface area contributed by atoms with Crippen LogP contribution in [0.2, 0.25) is 0 Å². The van der Waals surface area contributed by atoms with Crippen molar-refractivity contribution in [2.24, 2.45) is 75.4 Å². The van der Waals surface area contributed by atoms with E-state index in [1.54, 1.807) is 7.11 Å². The van der Waals surface area contributed by atoms with Crippen molar-refractivity contribution in [3.05, 3.63) is 108 Å². The van der Waals surface area contributed by atoms with Crippen LogP contribution in [-0.4, -0.2) is 169 Å². The average molecular weight is 1630 g/mol. The van der Waals surface area contributed by atoms with E-state index < -0.39 is 77.5 Å². The number of hydrogen-bond acceptors (Lipinski definition) is 16. The molecule has 656 valence electrons. The molecule has 5 amide bonds. The smallest absolute Gasteiger partial charge is 0.238 e. The van der Waals surface area contributed by atoms with Gasteiger partial charge in [0.1, 0.15) is 0 Å². The number of rotatable bonds is 53.